The number of hydrogen-bond donors (Lipinski definition) is 1. The van der Waals surface area contributed by atoms with Crippen molar-refractivity contribution in [2.75, 3.05) is 18.5 Å². The third-order valence-corrected chi connectivity index (χ3v) is 6.92. The van der Waals surface area contributed by atoms with E-state index in [1.54, 1.807) is 29.1 Å². The van der Waals surface area contributed by atoms with Gasteiger partial charge in [0.15, 0.2) is 22.8 Å². The molecule has 0 aliphatic heterocycles. The molecule has 12 heteroatoms. The summed E-state index contributed by atoms with van der Waals surface area (Å²) in [5, 5.41) is 12.5. The molecule has 3 aromatic carbocycles. The molecular formula is C32H27F3N6O3. The zero-order valence-electron chi connectivity index (χ0n) is 23.8. The number of hydrogen-bond acceptors (Lipinski definition) is 6. The molecule has 9 nitrogen and oxygen atoms in total. The number of benzene rings is 3. The number of alkyl halides is 3. The highest BCUT2D eigenvalue weighted by Gasteiger charge is 2.36. The van der Waals surface area contributed by atoms with Crippen LogP contribution in [0.1, 0.15) is 35.5 Å². The monoisotopic (exact) mass is 600 g/mol. The lowest BCUT2D eigenvalue weighted by Gasteiger charge is -2.13. The van der Waals surface area contributed by atoms with Gasteiger partial charge >= 0.3 is 6.18 Å². The molecule has 1 N–H and O–H groups in total. The molecule has 0 aliphatic carbocycles. The smallest absolute Gasteiger partial charge is 0.433 e. The van der Waals surface area contributed by atoms with E-state index in [2.05, 4.69) is 20.5 Å². The van der Waals surface area contributed by atoms with Crippen molar-refractivity contribution in [2.24, 2.45) is 0 Å². The third kappa shape index (κ3) is 5.65. The highest BCUT2D eigenvalue weighted by Crippen LogP contribution is 2.35. The van der Waals surface area contributed by atoms with Crippen molar-refractivity contribution < 1.29 is 27.4 Å². The van der Waals surface area contributed by atoms with Crippen LogP contribution in [0.4, 0.5) is 18.9 Å². The van der Waals surface area contributed by atoms with Crippen LogP contribution >= 0.6 is 0 Å². The fourth-order valence-electron chi connectivity index (χ4n) is 5.01. The maximum absolute atomic E-state index is 14.2. The van der Waals surface area contributed by atoms with Gasteiger partial charge in [0.25, 0.3) is 5.91 Å². The molecule has 6 rings (SSSR count). The molecule has 3 aromatic heterocycles. The fourth-order valence-corrected chi connectivity index (χ4v) is 5.01. The molecule has 0 saturated heterocycles. The number of anilines is 1. The minimum atomic E-state index is -4.75. The molecule has 0 fully saturated rings. The molecule has 0 radical (unpaired) electrons. The number of nitrogens with zero attached hydrogens (tertiary/aromatic N) is 5. The second-order valence-electron chi connectivity index (χ2n) is 9.87. The van der Waals surface area contributed by atoms with E-state index in [4.69, 9.17) is 9.47 Å². The Morgan fingerprint density at radius 1 is 0.909 bits per heavy atom. The van der Waals surface area contributed by atoms with E-state index >= 15 is 0 Å². The first-order chi connectivity index (χ1) is 21.2. The Bertz CT molecular complexity index is 1980. The van der Waals surface area contributed by atoms with Gasteiger partial charge in [-0.1, -0.05) is 48.5 Å². The van der Waals surface area contributed by atoms with Crippen LogP contribution < -0.4 is 14.8 Å². The zero-order valence-corrected chi connectivity index (χ0v) is 23.8. The number of halogens is 3. The number of aromatic nitrogens is 5. The maximum Gasteiger partial charge on any atom is 0.433 e. The van der Waals surface area contributed by atoms with Gasteiger partial charge in [0.05, 0.1) is 43.5 Å². The Morgan fingerprint density at radius 2 is 1.68 bits per heavy atom. The second-order valence-corrected chi connectivity index (χ2v) is 9.87. The minimum Gasteiger partial charge on any atom is -0.490 e. The lowest BCUT2D eigenvalue weighted by molar-refractivity contribution is -0.142. The van der Waals surface area contributed by atoms with E-state index in [0.29, 0.717) is 47.0 Å². The summed E-state index contributed by atoms with van der Waals surface area (Å²) in [5.74, 6) is 0.593. The minimum absolute atomic E-state index is 0.0748. The Hall–Kier alpha value is -5.39. The highest BCUT2D eigenvalue weighted by atomic mass is 19.4. The lowest BCUT2D eigenvalue weighted by Crippen LogP contribution is -2.15. The summed E-state index contributed by atoms with van der Waals surface area (Å²) in [6.45, 7) is 5.15. The molecule has 0 bridgehead atoms. The van der Waals surface area contributed by atoms with Gasteiger partial charge in [-0.05, 0) is 48.4 Å². The van der Waals surface area contributed by atoms with Gasteiger partial charge in [-0.2, -0.15) is 23.4 Å². The average Bonchev–Trinajstić information content (AvgIpc) is 3.64. The molecule has 44 heavy (non-hydrogen) atoms. The molecule has 0 aliphatic rings. The van der Waals surface area contributed by atoms with Crippen LogP contribution in [0.25, 0.3) is 27.7 Å². The van der Waals surface area contributed by atoms with Crippen LogP contribution in [-0.4, -0.2) is 43.5 Å². The molecule has 0 atom stereocenters. The first kappa shape index (κ1) is 28.7. The van der Waals surface area contributed by atoms with Gasteiger partial charge in [-0.3, -0.25) is 9.48 Å². The average molecular weight is 601 g/mol. The number of carbonyl (C=O) groups excluding carboxylic acids is 1. The summed E-state index contributed by atoms with van der Waals surface area (Å²) in [6, 6.07) is 19.2. The zero-order chi connectivity index (χ0) is 30.8. The van der Waals surface area contributed by atoms with Crippen molar-refractivity contribution in [3.05, 3.63) is 102 Å². The number of rotatable bonds is 9. The summed E-state index contributed by atoms with van der Waals surface area (Å²) in [4.78, 5) is 17.8. The van der Waals surface area contributed by atoms with Gasteiger partial charge < -0.3 is 14.8 Å². The summed E-state index contributed by atoms with van der Waals surface area (Å²) < 4.78 is 56.1. The van der Waals surface area contributed by atoms with E-state index in [0.717, 1.165) is 28.6 Å². The lowest BCUT2D eigenvalue weighted by atomic mass is 10.0. The van der Waals surface area contributed by atoms with Crippen LogP contribution in [0.2, 0.25) is 0 Å². The van der Waals surface area contributed by atoms with E-state index < -0.39 is 17.8 Å². The Kier molecular flexibility index (Phi) is 7.64. The van der Waals surface area contributed by atoms with E-state index in [1.807, 2.05) is 56.3 Å². The largest absolute Gasteiger partial charge is 0.490 e. The van der Waals surface area contributed by atoms with Gasteiger partial charge in [0.1, 0.15) is 5.56 Å². The molecule has 1 amide bonds. The predicted octanol–water partition coefficient (Wildman–Crippen LogP) is 6.86. The summed E-state index contributed by atoms with van der Waals surface area (Å²) in [5.41, 5.74) is 0.456. The van der Waals surface area contributed by atoms with Gasteiger partial charge in [-0.15, -0.1) is 0 Å². The van der Waals surface area contributed by atoms with Crippen LogP contribution in [0.15, 0.2) is 85.3 Å². The van der Waals surface area contributed by atoms with Crippen LogP contribution in [0.5, 0.6) is 11.5 Å². The molecule has 0 unspecified atom stereocenters. The van der Waals surface area contributed by atoms with Crippen LogP contribution in [0, 0.1) is 0 Å². The maximum atomic E-state index is 14.2. The predicted molar refractivity (Wildman–Crippen MR) is 159 cm³/mol. The van der Waals surface area contributed by atoms with Crippen molar-refractivity contribution in [1.82, 2.24) is 24.4 Å². The number of nitrogens with one attached hydrogen (secondary N) is 1. The Labute approximate surface area is 249 Å². The standard InChI is InChI=1S/C32H27F3N6O3/c1-3-43-27-13-12-20(14-28(27)44-4-2)18-40-19-22(16-36-40)38-31(42)25-17-37-41-29(32(33,34)35)15-26(39-30(25)41)24-11-7-9-21-8-5-6-10-23(21)24/h5-17,19H,3-4,18H2,1-2H3,(H,38,42). The van der Waals surface area contributed by atoms with Gasteiger partial charge in [0, 0.05) is 11.8 Å². The Balaban J connectivity index is 1.30. The molecule has 3 heterocycles. The van der Waals surface area contributed by atoms with Crippen molar-refractivity contribution in [3.63, 3.8) is 0 Å². The van der Waals surface area contributed by atoms with E-state index in [-0.39, 0.29) is 16.9 Å². The number of carbonyl (C=O) groups is 1. The number of ether oxygens (including phenoxy) is 2. The van der Waals surface area contributed by atoms with E-state index in [9.17, 15) is 18.0 Å². The molecule has 6 aromatic rings. The van der Waals surface area contributed by atoms with Crippen LogP contribution in [0.3, 0.4) is 0 Å². The SMILES string of the molecule is CCOc1ccc(Cn2cc(NC(=O)c3cnn4c(C(F)(F)F)cc(-c5cccc6ccccc56)nc34)cn2)cc1OCC. The number of amides is 1. The molecule has 0 saturated carbocycles. The van der Waals surface area contributed by atoms with Crippen molar-refractivity contribution in [3.8, 4) is 22.8 Å². The number of fused-ring (bicyclic) bond motifs is 2. The second kappa shape index (κ2) is 11.7. The highest BCUT2D eigenvalue weighted by molar-refractivity contribution is 6.08. The first-order valence-electron chi connectivity index (χ1n) is 13.9. The topological polar surface area (TPSA) is 95.6 Å². The quantitative estimate of drug-likeness (QED) is 0.195. The molecular weight excluding hydrogens is 573 g/mol. The summed E-state index contributed by atoms with van der Waals surface area (Å²) in [7, 11) is 0. The molecule has 0 spiro atoms. The first-order valence-corrected chi connectivity index (χ1v) is 13.9. The Morgan fingerprint density at radius 3 is 2.48 bits per heavy atom. The van der Waals surface area contributed by atoms with E-state index in [1.165, 1.54) is 6.20 Å². The molecule has 224 valence electrons. The van der Waals surface area contributed by atoms with Crippen LogP contribution in [-0.2, 0) is 12.7 Å². The summed E-state index contributed by atoms with van der Waals surface area (Å²) >= 11 is 0. The van der Waals surface area contributed by atoms with Gasteiger partial charge in [0.2, 0.25) is 0 Å². The van der Waals surface area contributed by atoms with Crippen molar-refractivity contribution in [1.29, 1.82) is 0 Å². The third-order valence-electron chi connectivity index (χ3n) is 6.92. The van der Waals surface area contributed by atoms with Gasteiger partial charge in [-0.25, -0.2) is 9.50 Å². The summed E-state index contributed by atoms with van der Waals surface area (Å²) in [6.07, 6.45) is -0.585. The van der Waals surface area contributed by atoms with Crippen molar-refractivity contribution >= 4 is 28.0 Å². The fraction of sp³-hybridized carbons (Fsp3) is 0.188. The van der Waals surface area contributed by atoms with Crippen molar-refractivity contribution in [2.45, 2.75) is 26.6 Å². The normalized spacial score (nSPS) is 11.7.